The lowest BCUT2D eigenvalue weighted by atomic mass is 9.77. The molecule has 1 spiro atoms. The van der Waals surface area contributed by atoms with E-state index in [0.29, 0.717) is 5.91 Å². The maximum atomic E-state index is 12.8. The van der Waals surface area contributed by atoms with Gasteiger partial charge in [0.25, 0.3) is 0 Å². The first kappa shape index (κ1) is 31.6. The smallest absolute Gasteiger partial charge is 0.475 e. The second-order valence-electron chi connectivity index (χ2n) is 8.64. The van der Waals surface area contributed by atoms with Gasteiger partial charge in [-0.3, -0.25) is 9.69 Å². The van der Waals surface area contributed by atoms with Crippen molar-refractivity contribution in [3.05, 3.63) is 22.4 Å². The molecule has 2 N–H and O–H groups in total. The van der Waals surface area contributed by atoms with Gasteiger partial charge in [0, 0.05) is 26.2 Å². The van der Waals surface area contributed by atoms with Gasteiger partial charge in [0.15, 0.2) is 0 Å². The number of carboxylic acid groups (broad SMARTS) is 2. The lowest BCUT2D eigenvalue weighted by Gasteiger charge is -2.38. The lowest BCUT2D eigenvalue weighted by Crippen LogP contribution is -2.45. The molecule has 1 aromatic heterocycles. The highest BCUT2D eigenvalue weighted by atomic mass is 32.1. The summed E-state index contributed by atoms with van der Waals surface area (Å²) in [4.78, 5) is 37.4. The molecule has 8 nitrogen and oxygen atoms in total. The third kappa shape index (κ3) is 10.3. The van der Waals surface area contributed by atoms with Crippen molar-refractivity contribution in [2.24, 2.45) is 5.41 Å². The Bertz CT molecular complexity index is 829. The molecule has 2 aliphatic rings. The number of nitrogens with zero attached hydrogens (tertiary/aromatic N) is 3. The molecule has 2 fully saturated rings. The minimum absolute atomic E-state index is 0.0442. The largest absolute Gasteiger partial charge is 0.490 e. The Labute approximate surface area is 208 Å². The van der Waals surface area contributed by atoms with Crippen LogP contribution in [0, 0.1) is 5.41 Å². The van der Waals surface area contributed by atoms with Crippen LogP contribution in [-0.2, 0) is 20.9 Å². The van der Waals surface area contributed by atoms with E-state index in [9.17, 15) is 31.1 Å². The first-order valence-electron chi connectivity index (χ1n) is 10.8. The Balaban J connectivity index is 0.000000383. The van der Waals surface area contributed by atoms with E-state index in [1.165, 1.54) is 5.56 Å². The molecule has 0 aromatic carbocycles. The number of halogens is 6. The Kier molecular flexibility index (Phi) is 11.6. The van der Waals surface area contributed by atoms with E-state index < -0.39 is 24.3 Å². The summed E-state index contributed by atoms with van der Waals surface area (Å²) in [6.45, 7) is 5.96. The maximum Gasteiger partial charge on any atom is 0.490 e. The predicted octanol–water partition coefficient (Wildman–Crippen LogP) is 3.39. The van der Waals surface area contributed by atoms with Gasteiger partial charge in [-0.2, -0.15) is 37.7 Å². The highest BCUT2D eigenvalue weighted by molar-refractivity contribution is 7.07. The number of rotatable bonds is 5. The molecule has 1 aromatic rings. The quantitative estimate of drug-likeness (QED) is 0.543. The van der Waals surface area contributed by atoms with Crippen LogP contribution in [0.1, 0.15) is 24.8 Å². The Hall–Kier alpha value is -2.39. The number of amides is 1. The Morgan fingerprint density at radius 1 is 1.00 bits per heavy atom. The fourth-order valence-electron chi connectivity index (χ4n) is 3.67. The van der Waals surface area contributed by atoms with E-state index in [-0.39, 0.29) is 5.41 Å². The summed E-state index contributed by atoms with van der Waals surface area (Å²) in [7, 11) is 4.14. The molecule has 2 saturated heterocycles. The molecule has 0 unspecified atom stereocenters. The highest BCUT2D eigenvalue weighted by Crippen LogP contribution is 2.41. The van der Waals surface area contributed by atoms with Crippen LogP contribution in [-0.4, -0.2) is 102 Å². The summed E-state index contributed by atoms with van der Waals surface area (Å²) >= 11 is 1.76. The van der Waals surface area contributed by atoms with Gasteiger partial charge in [-0.1, -0.05) is 0 Å². The van der Waals surface area contributed by atoms with E-state index in [0.717, 1.165) is 58.5 Å². The van der Waals surface area contributed by atoms with Crippen molar-refractivity contribution in [3.63, 3.8) is 0 Å². The van der Waals surface area contributed by atoms with Crippen LogP contribution in [0.4, 0.5) is 26.3 Å². The zero-order valence-electron chi connectivity index (χ0n) is 19.7. The summed E-state index contributed by atoms with van der Waals surface area (Å²) in [6, 6.07) is 2.21. The molecule has 0 aliphatic carbocycles. The average molecular weight is 550 g/mol. The number of carbonyl (C=O) groups excluding carboxylic acids is 1. The molecule has 1 amide bonds. The number of piperidine rings is 1. The topological polar surface area (TPSA) is 101 Å². The van der Waals surface area contributed by atoms with Crippen molar-refractivity contribution in [2.75, 3.05) is 46.8 Å². The number of carbonyl (C=O) groups is 3. The predicted molar refractivity (Wildman–Crippen MR) is 118 cm³/mol. The van der Waals surface area contributed by atoms with E-state index in [2.05, 4.69) is 45.6 Å². The molecular weight excluding hydrogens is 520 g/mol. The summed E-state index contributed by atoms with van der Waals surface area (Å²) < 4.78 is 63.5. The van der Waals surface area contributed by atoms with Crippen molar-refractivity contribution < 1.29 is 50.9 Å². The Morgan fingerprint density at radius 2 is 1.47 bits per heavy atom. The molecule has 15 heteroatoms. The third-order valence-electron chi connectivity index (χ3n) is 5.70. The van der Waals surface area contributed by atoms with Crippen LogP contribution in [0.5, 0.6) is 0 Å². The average Bonchev–Trinajstić information content (AvgIpc) is 3.37. The van der Waals surface area contributed by atoms with Gasteiger partial charge in [0.05, 0.1) is 5.41 Å². The number of hydrogen-bond acceptors (Lipinski definition) is 6. The standard InChI is InChI=1S/C17H27N3OS.2C2HF3O2/c1-18(2)10-11-20-9-6-17(16(20)21)4-7-19(8-5-17)13-15-3-12-22-14-15;2*3-2(4,5)1(6)7/h3,12,14H,4-11,13H2,1-2H3;2*(H,6,7). The fourth-order valence-corrected chi connectivity index (χ4v) is 4.33. The molecule has 3 heterocycles. The van der Waals surface area contributed by atoms with Crippen LogP contribution in [0.2, 0.25) is 0 Å². The minimum Gasteiger partial charge on any atom is -0.475 e. The third-order valence-corrected chi connectivity index (χ3v) is 6.43. The van der Waals surface area contributed by atoms with Crippen molar-refractivity contribution in [3.8, 4) is 0 Å². The zero-order chi connectivity index (χ0) is 27.7. The van der Waals surface area contributed by atoms with Crippen LogP contribution >= 0.6 is 11.3 Å². The van der Waals surface area contributed by atoms with Crippen LogP contribution in [0.25, 0.3) is 0 Å². The van der Waals surface area contributed by atoms with Gasteiger partial charge >= 0.3 is 24.3 Å². The van der Waals surface area contributed by atoms with Crippen molar-refractivity contribution in [1.29, 1.82) is 0 Å². The Morgan fingerprint density at radius 3 is 1.86 bits per heavy atom. The zero-order valence-corrected chi connectivity index (χ0v) is 20.5. The van der Waals surface area contributed by atoms with Gasteiger partial charge in [-0.15, -0.1) is 0 Å². The van der Waals surface area contributed by atoms with Gasteiger partial charge < -0.3 is 20.0 Å². The van der Waals surface area contributed by atoms with Gasteiger partial charge in [0.1, 0.15) is 0 Å². The van der Waals surface area contributed by atoms with Crippen LogP contribution < -0.4 is 0 Å². The fraction of sp³-hybridized carbons (Fsp3) is 0.667. The molecule has 0 saturated carbocycles. The maximum absolute atomic E-state index is 12.8. The number of carboxylic acids is 2. The van der Waals surface area contributed by atoms with Crippen molar-refractivity contribution >= 4 is 29.2 Å². The van der Waals surface area contributed by atoms with E-state index in [1.807, 2.05) is 0 Å². The number of aliphatic carboxylic acids is 2. The van der Waals surface area contributed by atoms with E-state index >= 15 is 0 Å². The highest BCUT2D eigenvalue weighted by Gasteiger charge is 2.47. The summed E-state index contributed by atoms with van der Waals surface area (Å²) in [5, 5.41) is 18.6. The number of likely N-dealkylation sites (tertiary alicyclic amines) is 2. The number of alkyl halides is 6. The number of likely N-dealkylation sites (N-methyl/N-ethyl adjacent to an activating group) is 1. The SMILES string of the molecule is CN(C)CCN1CCC2(CCN(Cc3ccsc3)CC2)C1=O.O=C(O)C(F)(F)F.O=C(O)C(F)(F)F. The number of thiophene rings is 1. The second-order valence-corrected chi connectivity index (χ2v) is 9.42. The van der Waals surface area contributed by atoms with Gasteiger partial charge in [-0.25, -0.2) is 9.59 Å². The van der Waals surface area contributed by atoms with Crippen LogP contribution in [0.15, 0.2) is 16.8 Å². The number of hydrogen-bond donors (Lipinski definition) is 2. The van der Waals surface area contributed by atoms with E-state index in [1.54, 1.807) is 11.3 Å². The first-order chi connectivity index (χ1) is 16.5. The van der Waals surface area contributed by atoms with Gasteiger partial charge in [-0.05, 0) is 68.8 Å². The van der Waals surface area contributed by atoms with E-state index in [4.69, 9.17) is 19.8 Å². The lowest BCUT2D eigenvalue weighted by molar-refractivity contribution is -0.193. The van der Waals surface area contributed by atoms with Crippen LogP contribution in [0.3, 0.4) is 0 Å². The molecule has 0 radical (unpaired) electrons. The molecule has 0 bridgehead atoms. The van der Waals surface area contributed by atoms with Crippen molar-refractivity contribution in [1.82, 2.24) is 14.7 Å². The molecular formula is C21H29F6N3O5S. The molecule has 0 atom stereocenters. The second kappa shape index (κ2) is 13.2. The molecule has 206 valence electrons. The van der Waals surface area contributed by atoms with Crippen molar-refractivity contribution in [2.45, 2.75) is 38.2 Å². The molecule has 2 aliphatic heterocycles. The summed E-state index contributed by atoms with van der Waals surface area (Å²) in [5.41, 5.74) is 1.36. The monoisotopic (exact) mass is 549 g/mol. The normalized spacial score (nSPS) is 17.9. The summed E-state index contributed by atoms with van der Waals surface area (Å²) in [5.74, 6) is -5.09. The van der Waals surface area contributed by atoms with Gasteiger partial charge in [0.2, 0.25) is 5.91 Å². The molecule has 36 heavy (non-hydrogen) atoms. The molecule has 3 rings (SSSR count). The minimum atomic E-state index is -5.08. The first-order valence-corrected chi connectivity index (χ1v) is 11.7. The summed E-state index contributed by atoms with van der Waals surface area (Å²) in [6.07, 6.45) is -7.03.